The van der Waals surface area contributed by atoms with Crippen molar-refractivity contribution < 1.29 is 0 Å². The molecule has 3 aromatic heterocycles. The molecule has 0 bridgehead atoms. The predicted molar refractivity (Wildman–Crippen MR) is 176 cm³/mol. The molecule has 5 aromatic carbocycles. The molecule has 39 heavy (non-hydrogen) atoms. The number of hydrogen-bond donors (Lipinski definition) is 0. The van der Waals surface area contributed by atoms with Gasteiger partial charge in [-0.2, -0.15) is 0 Å². The van der Waals surface area contributed by atoms with Crippen molar-refractivity contribution in [2.75, 3.05) is 0 Å². The number of para-hydroxylation sites is 3. The van der Waals surface area contributed by atoms with Crippen molar-refractivity contribution in [1.82, 2.24) is 8.97 Å². The third kappa shape index (κ3) is 3.08. The first kappa shape index (κ1) is 22.9. The van der Waals surface area contributed by atoms with Crippen LogP contribution in [0.15, 0.2) is 115 Å². The quantitative estimate of drug-likeness (QED) is 0.172. The molecule has 1 aliphatic carbocycles. The van der Waals surface area contributed by atoms with Crippen LogP contribution >= 0.6 is 24.0 Å². The van der Waals surface area contributed by atoms with E-state index >= 15 is 0 Å². The molecule has 9 rings (SSSR count). The van der Waals surface area contributed by atoms with Crippen LogP contribution in [0.2, 0.25) is 0 Å². The van der Waals surface area contributed by atoms with Gasteiger partial charge in [0.15, 0.2) is 0 Å². The summed E-state index contributed by atoms with van der Waals surface area (Å²) in [4.78, 5) is 0. The molecular weight excluding hydrogens is 587 g/mol. The summed E-state index contributed by atoms with van der Waals surface area (Å²) in [7, 11) is 0. The number of benzene rings is 5. The fourth-order valence-corrected chi connectivity index (χ4v) is 6.89. The Bertz CT molecular complexity index is 2150. The number of aromatic nitrogens is 2. The zero-order chi connectivity index (χ0) is 24.8. The van der Waals surface area contributed by atoms with Crippen molar-refractivity contribution in [2.24, 2.45) is 0 Å². The second-order valence-electron chi connectivity index (χ2n) is 10.5. The summed E-state index contributed by atoms with van der Waals surface area (Å²) < 4.78 is 4.88. The van der Waals surface area contributed by atoms with Crippen LogP contribution in [0.1, 0.15) is 17.7 Å². The Labute approximate surface area is 243 Å². The lowest BCUT2D eigenvalue weighted by atomic mass is 9.96. The normalized spacial score (nSPS) is 13.1. The molecule has 0 unspecified atom stereocenters. The summed E-state index contributed by atoms with van der Waals surface area (Å²) in [6.07, 6.45) is 6.79. The van der Waals surface area contributed by atoms with Crippen LogP contribution in [0.5, 0.6) is 0 Å². The third-order valence-corrected chi connectivity index (χ3v) is 8.50. The maximum Gasteiger partial charge on any atom is 0.0620 e. The predicted octanol–water partition coefficient (Wildman–Crippen LogP) is 10.0. The molecule has 8 aromatic rings. The Morgan fingerprint density at radius 3 is 1.90 bits per heavy atom. The van der Waals surface area contributed by atoms with Crippen LogP contribution in [-0.2, 0) is 6.42 Å². The van der Waals surface area contributed by atoms with Crippen LogP contribution in [-0.4, -0.2) is 8.97 Å². The van der Waals surface area contributed by atoms with E-state index in [0.29, 0.717) is 0 Å². The lowest BCUT2D eigenvalue weighted by molar-refractivity contribution is 0.967. The van der Waals surface area contributed by atoms with Gasteiger partial charge in [-0.05, 0) is 84.1 Å². The minimum Gasteiger partial charge on any atom is -0.310 e. The van der Waals surface area contributed by atoms with E-state index in [-0.39, 0.29) is 24.0 Å². The molecule has 0 amide bonds. The highest BCUT2D eigenvalue weighted by Gasteiger charge is 2.21. The molecule has 0 atom stereocenters. The van der Waals surface area contributed by atoms with E-state index in [1.807, 2.05) is 0 Å². The van der Waals surface area contributed by atoms with Crippen LogP contribution in [0.4, 0.5) is 0 Å². The Morgan fingerprint density at radius 1 is 0.538 bits per heavy atom. The first-order valence-corrected chi connectivity index (χ1v) is 13.4. The van der Waals surface area contributed by atoms with Crippen molar-refractivity contribution in [2.45, 2.75) is 12.8 Å². The van der Waals surface area contributed by atoms with Gasteiger partial charge in [-0.3, -0.25) is 0 Å². The first-order valence-electron chi connectivity index (χ1n) is 13.4. The molecule has 0 saturated heterocycles. The van der Waals surface area contributed by atoms with Gasteiger partial charge in [0, 0.05) is 38.3 Å². The fraction of sp³-hybridized carbons (Fsp3) is 0.0556. The SMILES string of the molecule is C1=Cc2c(c3cc(-c4cc5c6ccccc6n6c7ccccc7c(c4)c56)ccc3n2-c2ccccc2)CC1.I. The van der Waals surface area contributed by atoms with E-state index in [1.165, 1.54) is 77.1 Å². The molecule has 3 heteroatoms. The van der Waals surface area contributed by atoms with Crippen LogP contribution in [0.25, 0.3) is 71.9 Å². The minimum absolute atomic E-state index is 0. The fourth-order valence-electron chi connectivity index (χ4n) is 6.89. The lowest BCUT2D eigenvalue weighted by Gasteiger charge is -2.11. The molecule has 3 heterocycles. The van der Waals surface area contributed by atoms with Gasteiger partial charge in [-0.25, -0.2) is 0 Å². The van der Waals surface area contributed by atoms with Crippen molar-refractivity contribution in [3.8, 4) is 16.8 Å². The van der Waals surface area contributed by atoms with Crippen molar-refractivity contribution in [1.29, 1.82) is 0 Å². The summed E-state index contributed by atoms with van der Waals surface area (Å²) in [6.45, 7) is 0. The van der Waals surface area contributed by atoms with E-state index in [9.17, 15) is 0 Å². The zero-order valence-corrected chi connectivity index (χ0v) is 23.6. The molecule has 2 nitrogen and oxygen atoms in total. The second kappa shape index (κ2) is 8.45. The molecular formula is C36H25IN2. The monoisotopic (exact) mass is 612 g/mol. The third-order valence-electron chi connectivity index (χ3n) is 8.50. The summed E-state index contributed by atoms with van der Waals surface area (Å²) in [6, 6.07) is 40.3. The van der Waals surface area contributed by atoms with Gasteiger partial charge < -0.3 is 8.97 Å². The van der Waals surface area contributed by atoms with Gasteiger partial charge in [-0.15, -0.1) is 24.0 Å². The van der Waals surface area contributed by atoms with Crippen molar-refractivity contribution in [3.05, 3.63) is 127 Å². The van der Waals surface area contributed by atoms with E-state index in [1.54, 1.807) is 0 Å². The molecule has 0 spiro atoms. The number of rotatable bonds is 2. The van der Waals surface area contributed by atoms with Gasteiger partial charge in [0.05, 0.1) is 22.1 Å². The highest BCUT2D eigenvalue weighted by molar-refractivity contribution is 14.0. The Hall–Kier alpha value is -4.09. The summed E-state index contributed by atoms with van der Waals surface area (Å²) in [5.74, 6) is 0. The average molecular weight is 613 g/mol. The molecule has 186 valence electrons. The number of nitrogens with zero attached hydrogens (tertiary/aromatic N) is 2. The lowest BCUT2D eigenvalue weighted by Crippen LogP contribution is -1.99. The standard InChI is InChI=1S/C36H24N2.HI/c1-2-10-25(11-3-1)37-32-15-7-4-12-26(32)29-20-23(18-19-35(29)37)24-21-30-27-13-5-8-16-33(27)38-34-17-9-6-14-28(34)31(22-24)36(30)38;/h1-3,5-11,13-22H,4,12H2;1H. The summed E-state index contributed by atoms with van der Waals surface area (Å²) in [5, 5.41) is 6.66. The van der Waals surface area contributed by atoms with Crippen LogP contribution in [0, 0.1) is 0 Å². The highest BCUT2D eigenvalue weighted by atomic mass is 127. The van der Waals surface area contributed by atoms with E-state index in [0.717, 1.165) is 12.8 Å². The van der Waals surface area contributed by atoms with Gasteiger partial charge in [0.1, 0.15) is 0 Å². The molecule has 0 aliphatic heterocycles. The largest absolute Gasteiger partial charge is 0.310 e. The average Bonchev–Trinajstić information content (AvgIpc) is 3.62. The Balaban J connectivity index is 0.00000235. The maximum atomic E-state index is 2.45. The van der Waals surface area contributed by atoms with Crippen LogP contribution < -0.4 is 0 Å². The van der Waals surface area contributed by atoms with E-state index in [2.05, 4.69) is 130 Å². The topological polar surface area (TPSA) is 9.34 Å². The molecule has 0 fully saturated rings. The number of fused-ring (bicyclic) bond motifs is 9. The van der Waals surface area contributed by atoms with Crippen molar-refractivity contribution in [3.63, 3.8) is 0 Å². The summed E-state index contributed by atoms with van der Waals surface area (Å²) >= 11 is 0. The minimum atomic E-state index is 0. The van der Waals surface area contributed by atoms with E-state index in [4.69, 9.17) is 0 Å². The summed E-state index contributed by atoms with van der Waals surface area (Å²) in [5.41, 5.74) is 11.7. The second-order valence-corrected chi connectivity index (χ2v) is 10.5. The van der Waals surface area contributed by atoms with Crippen molar-refractivity contribution >= 4 is 79.1 Å². The first-order chi connectivity index (χ1) is 18.9. The maximum absolute atomic E-state index is 2.45. The number of halogens is 1. The van der Waals surface area contributed by atoms with E-state index < -0.39 is 0 Å². The van der Waals surface area contributed by atoms with Crippen LogP contribution in [0.3, 0.4) is 0 Å². The molecule has 1 aliphatic rings. The number of hydrogen-bond acceptors (Lipinski definition) is 0. The molecule has 0 N–H and O–H groups in total. The van der Waals surface area contributed by atoms with Gasteiger partial charge in [0.25, 0.3) is 0 Å². The van der Waals surface area contributed by atoms with Gasteiger partial charge in [0.2, 0.25) is 0 Å². The highest BCUT2D eigenvalue weighted by Crippen LogP contribution is 2.42. The Morgan fingerprint density at radius 2 is 1.18 bits per heavy atom. The Kier molecular flexibility index (Phi) is 4.95. The number of allylic oxidation sites excluding steroid dienone is 1. The number of aryl methyl sites for hydroxylation is 1. The smallest absolute Gasteiger partial charge is 0.0620 e. The van der Waals surface area contributed by atoms with Gasteiger partial charge in [-0.1, -0.05) is 66.7 Å². The molecule has 0 radical (unpaired) electrons. The zero-order valence-electron chi connectivity index (χ0n) is 21.3. The van der Waals surface area contributed by atoms with Gasteiger partial charge >= 0.3 is 0 Å². The molecule has 0 saturated carbocycles.